The van der Waals surface area contributed by atoms with Crippen molar-refractivity contribution in [2.75, 3.05) is 27.7 Å². The molecule has 0 fully saturated rings. The molecule has 2 rings (SSSR count). The molecule has 1 atom stereocenters. The van der Waals surface area contributed by atoms with Gasteiger partial charge in [-0.2, -0.15) is 5.10 Å². The molecule has 21 heavy (non-hydrogen) atoms. The minimum Gasteiger partial charge on any atom is -0.493 e. The van der Waals surface area contributed by atoms with Crippen molar-refractivity contribution < 1.29 is 4.74 Å². The zero-order chi connectivity index (χ0) is 15.4. The molecule has 0 aliphatic rings. The molecular formula is C14H22N6O. The van der Waals surface area contributed by atoms with Crippen LogP contribution in [0.2, 0.25) is 0 Å². The lowest BCUT2D eigenvalue weighted by atomic mass is 10.1. The molecule has 0 saturated heterocycles. The molecule has 0 amide bonds. The van der Waals surface area contributed by atoms with Crippen LogP contribution in [0.1, 0.15) is 23.1 Å². The fourth-order valence-electron chi connectivity index (χ4n) is 2.02. The Morgan fingerprint density at radius 3 is 2.62 bits per heavy atom. The van der Waals surface area contributed by atoms with Gasteiger partial charge in [0.15, 0.2) is 5.75 Å². The molecule has 2 aromatic rings. The van der Waals surface area contributed by atoms with Gasteiger partial charge in [0, 0.05) is 12.7 Å². The van der Waals surface area contributed by atoms with Crippen molar-refractivity contribution in [3.63, 3.8) is 0 Å². The standard InChI is InChI=1S/C14H22N6O/c1-10-7-17-11(8-16-10)13(15)14-12(21-4)9-18-20(14)6-5-19(2)3/h7-9,13H,5-6,15H2,1-4H3. The number of likely N-dealkylation sites (N-methyl/N-ethyl adjacent to an activating group) is 1. The third-order valence-electron chi connectivity index (χ3n) is 3.24. The SMILES string of the molecule is COc1cnn(CCN(C)C)c1C(N)c1cnc(C)cn1. The van der Waals surface area contributed by atoms with Crippen LogP contribution in [0, 0.1) is 6.92 Å². The van der Waals surface area contributed by atoms with Gasteiger partial charge in [0.25, 0.3) is 0 Å². The van der Waals surface area contributed by atoms with Gasteiger partial charge in [-0.1, -0.05) is 0 Å². The van der Waals surface area contributed by atoms with Gasteiger partial charge in [0.05, 0.1) is 43.5 Å². The zero-order valence-corrected chi connectivity index (χ0v) is 12.9. The first-order valence-electron chi connectivity index (χ1n) is 6.81. The highest BCUT2D eigenvalue weighted by Gasteiger charge is 2.21. The number of rotatable bonds is 6. The lowest BCUT2D eigenvalue weighted by Gasteiger charge is -2.17. The van der Waals surface area contributed by atoms with Crippen LogP contribution >= 0.6 is 0 Å². The van der Waals surface area contributed by atoms with E-state index in [0.29, 0.717) is 11.4 Å². The monoisotopic (exact) mass is 290 g/mol. The van der Waals surface area contributed by atoms with E-state index in [1.807, 2.05) is 25.7 Å². The summed E-state index contributed by atoms with van der Waals surface area (Å²) in [4.78, 5) is 10.7. The first-order chi connectivity index (χ1) is 10.0. The summed E-state index contributed by atoms with van der Waals surface area (Å²) >= 11 is 0. The summed E-state index contributed by atoms with van der Waals surface area (Å²) in [6, 6.07) is -0.419. The Kier molecular flexibility index (Phi) is 4.87. The molecule has 0 saturated carbocycles. The molecule has 7 heteroatoms. The summed E-state index contributed by atoms with van der Waals surface area (Å²) in [6.07, 6.45) is 5.09. The van der Waals surface area contributed by atoms with Crippen molar-refractivity contribution in [3.8, 4) is 5.75 Å². The van der Waals surface area contributed by atoms with Gasteiger partial charge in [-0.25, -0.2) is 0 Å². The predicted octanol–water partition coefficient (Wildman–Crippen LogP) is 0.600. The molecule has 0 radical (unpaired) electrons. The molecule has 114 valence electrons. The van der Waals surface area contributed by atoms with Gasteiger partial charge in [-0.05, 0) is 21.0 Å². The third kappa shape index (κ3) is 3.56. The molecule has 1 unspecified atom stereocenters. The Balaban J connectivity index is 2.31. The third-order valence-corrected chi connectivity index (χ3v) is 3.24. The molecule has 2 aromatic heterocycles. The number of aryl methyl sites for hydroxylation is 1. The van der Waals surface area contributed by atoms with E-state index < -0.39 is 6.04 Å². The van der Waals surface area contributed by atoms with E-state index in [9.17, 15) is 0 Å². The summed E-state index contributed by atoms with van der Waals surface area (Å²) in [5.41, 5.74) is 8.71. The van der Waals surface area contributed by atoms with Gasteiger partial charge in [0.1, 0.15) is 5.69 Å². The molecular weight excluding hydrogens is 268 g/mol. The highest BCUT2D eigenvalue weighted by molar-refractivity contribution is 5.33. The van der Waals surface area contributed by atoms with Crippen molar-refractivity contribution in [1.82, 2.24) is 24.6 Å². The minimum atomic E-state index is -0.419. The van der Waals surface area contributed by atoms with Gasteiger partial charge in [0.2, 0.25) is 0 Å². The lowest BCUT2D eigenvalue weighted by Crippen LogP contribution is -2.24. The molecule has 2 N–H and O–H groups in total. The number of nitrogens with two attached hydrogens (primary N) is 1. The Hall–Kier alpha value is -1.99. The van der Waals surface area contributed by atoms with Crippen LogP contribution in [0.3, 0.4) is 0 Å². The summed E-state index contributed by atoms with van der Waals surface area (Å²) in [5, 5.41) is 4.36. The predicted molar refractivity (Wildman–Crippen MR) is 80.1 cm³/mol. The van der Waals surface area contributed by atoms with Crippen LogP contribution in [0.25, 0.3) is 0 Å². The number of nitrogens with zero attached hydrogens (tertiary/aromatic N) is 5. The van der Waals surface area contributed by atoms with Crippen molar-refractivity contribution in [2.24, 2.45) is 5.73 Å². The van der Waals surface area contributed by atoms with Crippen LogP contribution in [0.15, 0.2) is 18.6 Å². The Labute approximate surface area is 124 Å². The Bertz CT molecular complexity index is 578. The summed E-state index contributed by atoms with van der Waals surface area (Å²) in [6.45, 7) is 3.49. The maximum atomic E-state index is 6.34. The maximum Gasteiger partial charge on any atom is 0.161 e. The second-order valence-corrected chi connectivity index (χ2v) is 5.18. The molecule has 7 nitrogen and oxygen atoms in total. The molecule has 0 aliphatic heterocycles. The molecule has 0 bridgehead atoms. The average molecular weight is 290 g/mol. The van der Waals surface area contributed by atoms with Crippen molar-refractivity contribution >= 4 is 0 Å². The fraction of sp³-hybridized carbons (Fsp3) is 0.500. The van der Waals surface area contributed by atoms with Crippen molar-refractivity contribution in [1.29, 1.82) is 0 Å². The molecule has 2 heterocycles. The number of ether oxygens (including phenoxy) is 1. The maximum absolute atomic E-state index is 6.34. The smallest absolute Gasteiger partial charge is 0.161 e. The molecule has 0 aromatic carbocycles. The second-order valence-electron chi connectivity index (χ2n) is 5.18. The van der Waals surface area contributed by atoms with Crippen LogP contribution < -0.4 is 10.5 Å². The quantitative estimate of drug-likeness (QED) is 0.839. The van der Waals surface area contributed by atoms with E-state index in [-0.39, 0.29) is 0 Å². The Morgan fingerprint density at radius 2 is 2.05 bits per heavy atom. The lowest BCUT2D eigenvalue weighted by molar-refractivity contribution is 0.363. The minimum absolute atomic E-state index is 0.419. The van der Waals surface area contributed by atoms with Gasteiger partial charge in [-0.3, -0.25) is 14.6 Å². The fourth-order valence-corrected chi connectivity index (χ4v) is 2.02. The average Bonchev–Trinajstić information content (AvgIpc) is 2.88. The van der Waals surface area contributed by atoms with E-state index in [1.165, 1.54) is 0 Å². The summed E-state index contributed by atoms with van der Waals surface area (Å²) < 4.78 is 7.24. The Morgan fingerprint density at radius 1 is 1.29 bits per heavy atom. The van der Waals surface area contributed by atoms with Crippen LogP contribution in [-0.2, 0) is 6.54 Å². The van der Waals surface area contributed by atoms with E-state index >= 15 is 0 Å². The van der Waals surface area contributed by atoms with Crippen molar-refractivity contribution in [2.45, 2.75) is 19.5 Å². The van der Waals surface area contributed by atoms with E-state index in [4.69, 9.17) is 10.5 Å². The second kappa shape index (κ2) is 6.64. The van der Waals surface area contributed by atoms with Gasteiger partial charge < -0.3 is 15.4 Å². The van der Waals surface area contributed by atoms with Crippen LogP contribution in [0.4, 0.5) is 0 Å². The highest BCUT2D eigenvalue weighted by atomic mass is 16.5. The largest absolute Gasteiger partial charge is 0.493 e. The number of methoxy groups -OCH3 is 1. The molecule has 0 aliphatic carbocycles. The van der Waals surface area contributed by atoms with Crippen molar-refractivity contribution in [3.05, 3.63) is 35.7 Å². The number of hydrogen-bond donors (Lipinski definition) is 1. The summed E-state index contributed by atoms with van der Waals surface area (Å²) in [5.74, 6) is 0.670. The first kappa shape index (κ1) is 15.4. The van der Waals surface area contributed by atoms with Crippen LogP contribution in [0.5, 0.6) is 5.75 Å². The normalized spacial score (nSPS) is 12.7. The summed E-state index contributed by atoms with van der Waals surface area (Å²) in [7, 11) is 5.65. The zero-order valence-electron chi connectivity index (χ0n) is 12.9. The van der Waals surface area contributed by atoms with E-state index in [1.54, 1.807) is 25.7 Å². The number of hydrogen-bond acceptors (Lipinski definition) is 6. The van der Waals surface area contributed by atoms with Gasteiger partial charge >= 0.3 is 0 Å². The first-order valence-corrected chi connectivity index (χ1v) is 6.81. The van der Waals surface area contributed by atoms with Gasteiger partial charge in [-0.15, -0.1) is 0 Å². The molecule has 0 spiro atoms. The van der Waals surface area contributed by atoms with Crippen LogP contribution in [-0.4, -0.2) is 52.4 Å². The topological polar surface area (TPSA) is 82.1 Å². The van der Waals surface area contributed by atoms with E-state index in [2.05, 4.69) is 20.0 Å². The van der Waals surface area contributed by atoms with E-state index in [0.717, 1.165) is 24.5 Å². The highest BCUT2D eigenvalue weighted by Crippen LogP contribution is 2.27. The number of aromatic nitrogens is 4.